The predicted molar refractivity (Wildman–Crippen MR) is 80.8 cm³/mol. The van der Waals surface area contributed by atoms with E-state index in [1.807, 2.05) is 11.0 Å². The van der Waals surface area contributed by atoms with Crippen molar-refractivity contribution in [3.63, 3.8) is 0 Å². The molecule has 6 heteroatoms. The second-order valence-electron chi connectivity index (χ2n) is 5.86. The molecule has 0 unspecified atom stereocenters. The molecule has 21 heavy (non-hydrogen) atoms. The van der Waals surface area contributed by atoms with Crippen molar-refractivity contribution < 1.29 is 9.90 Å². The molecular formula is C15H22N4O2. The normalized spacial score (nSPS) is 19.5. The van der Waals surface area contributed by atoms with E-state index in [0.717, 1.165) is 37.0 Å². The third kappa shape index (κ3) is 2.94. The van der Waals surface area contributed by atoms with Gasteiger partial charge in [0.25, 0.3) is 0 Å². The van der Waals surface area contributed by atoms with Gasteiger partial charge in [-0.05, 0) is 25.7 Å². The Hall–Kier alpha value is -1.85. The van der Waals surface area contributed by atoms with Gasteiger partial charge in [0, 0.05) is 37.9 Å². The zero-order valence-corrected chi connectivity index (χ0v) is 12.5. The van der Waals surface area contributed by atoms with Crippen LogP contribution in [-0.4, -0.2) is 47.2 Å². The lowest BCUT2D eigenvalue weighted by Crippen LogP contribution is -2.51. The lowest BCUT2D eigenvalue weighted by Gasteiger charge is -2.38. The molecular weight excluding hydrogens is 268 g/mol. The number of rotatable bonds is 4. The average molecular weight is 290 g/mol. The summed E-state index contributed by atoms with van der Waals surface area (Å²) < 4.78 is 0. The first-order valence-corrected chi connectivity index (χ1v) is 7.78. The van der Waals surface area contributed by atoms with Gasteiger partial charge in [0.05, 0.1) is 5.92 Å². The van der Waals surface area contributed by atoms with Gasteiger partial charge in [-0.1, -0.05) is 6.92 Å². The summed E-state index contributed by atoms with van der Waals surface area (Å²) in [6.07, 6.45) is 4.54. The molecule has 1 aromatic heterocycles. The monoisotopic (exact) mass is 290 g/mol. The van der Waals surface area contributed by atoms with Crippen LogP contribution in [0.3, 0.4) is 0 Å². The lowest BCUT2D eigenvalue weighted by molar-refractivity contribution is -0.142. The smallest absolute Gasteiger partial charge is 0.310 e. The standard InChI is InChI=1S/C15H22N4O2/c1-2-12-8-13(19-9-11(10-19)14(20)21)17-15(16-12)18-6-4-3-5-7-18/h8,11H,2-7,9-10H2,1H3,(H,20,21). The highest BCUT2D eigenvalue weighted by Gasteiger charge is 2.33. The third-order valence-corrected chi connectivity index (χ3v) is 4.31. The van der Waals surface area contributed by atoms with Crippen molar-refractivity contribution >= 4 is 17.7 Å². The Balaban J connectivity index is 1.79. The molecule has 0 atom stereocenters. The Morgan fingerprint density at radius 2 is 1.95 bits per heavy atom. The minimum absolute atomic E-state index is 0.261. The Labute approximate surface area is 124 Å². The van der Waals surface area contributed by atoms with Crippen LogP contribution in [0.15, 0.2) is 6.07 Å². The summed E-state index contributed by atoms with van der Waals surface area (Å²) in [5.74, 6) is 0.707. The topological polar surface area (TPSA) is 69.6 Å². The van der Waals surface area contributed by atoms with Crippen LogP contribution in [0.1, 0.15) is 31.9 Å². The maximum absolute atomic E-state index is 10.9. The molecule has 3 heterocycles. The fourth-order valence-corrected chi connectivity index (χ4v) is 2.87. The summed E-state index contributed by atoms with van der Waals surface area (Å²) in [7, 11) is 0. The second kappa shape index (κ2) is 5.87. The molecule has 0 aliphatic carbocycles. The number of hydrogen-bond acceptors (Lipinski definition) is 5. The summed E-state index contributed by atoms with van der Waals surface area (Å²) >= 11 is 0. The summed E-state index contributed by atoms with van der Waals surface area (Å²) in [6.45, 7) is 5.22. The summed E-state index contributed by atoms with van der Waals surface area (Å²) in [5.41, 5.74) is 1.03. The predicted octanol–water partition coefficient (Wildman–Crippen LogP) is 1.55. The van der Waals surface area contributed by atoms with Gasteiger partial charge in [0.1, 0.15) is 5.82 Å². The first kappa shape index (κ1) is 14.1. The fraction of sp³-hybridized carbons (Fsp3) is 0.667. The number of aryl methyl sites for hydroxylation is 1. The van der Waals surface area contributed by atoms with Crippen molar-refractivity contribution in [2.45, 2.75) is 32.6 Å². The van der Waals surface area contributed by atoms with Crippen LogP contribution in [-0.2, 0) is 11.2 Å². The van der Waals surface area contributed by atoms with Crippen molar-refractivity contribution in [2.75, 3.05) is 36.0 Å². The number of nitrogens with zero attached hydrogens (tertiary/aromatic N) is 4. The molecule has 2 fully saturated rings. The number of carboxylic acid groups (broad SMARTS) is 1. The maximum Gasteiger partial charge on any atom is 0.310 e. The highest BCUT2D eigenvalue weighted by Crippen LogP contribution is 2.26. The highest BCUT2D eigenvalue weighted by atomic mass is 16.4. The fourth-order valence-electron chi connectivity index (χ4n) is 2.87. The van der Waals surface area contributed by atoms with Gasteiger partial charge in [-0.15, -0.1) is 0 Å². The quantitative estimate of drug-likeness (QED) is 0.907. The number of piperidine rings is 1. The Morgan fingerprint density at radius 3 is 2.57 bits per heavy atom. The summed E-state index contributed by atoms with van der Waals surface area (Å²) in [4.78, 5) is 24.5. The number of anilines is 2. The largest absolute Gasteiger partial charge is 0.481 e. The molecule has 0 bridgehead atoms. The van der Waals surface area contributed by atoms with Crippen molar-refractivity contribution in [1.29, 1.82) is 0 Å². The Kier molecular flexibility index (Phi) is 3.94. The minimum atomic E-state index is -0.715. The van der Waals surface area contributed by atoms with Crippen molar-refractivity contribution in [2.24, 2.45) is 5.92 Å². The average Bonchev–Trinajstić information content (AvgIpc) is 2.46. The zero-order valence-electron chi connectivity index (χ0n) is 12.5. The lowest BCUT2D eigenvalue weighted by atomic mass is 10.0. The molecule has 6 nitrogen and oxygen atoms in total. The van der Waals surface area contributed by atoms with Crippen molar-refractivity contribution in [3.8, 4) is 0 Å². The van der Waals surface area contributed by atoms with E-state index in [1.165, 1.54) is 19.3 Å². The summed E-state index contributed by atoms with van der Waals surface area (Å²) in [6, 6.07) is 1.99. The molecule has 0 saturated carbocycles. The highest BCUT2D eigenvalue weighted by molar-refractivity contribution is 5.74. The van der Waals surface area contributed by atoms with E-state index in [1.54, 1.807) is 0 Å². The molecule has 2 saturated heterocycles. The summed E-state index contributed by atoms with van der Waals surface area (Å²) in [5, 5.41) is 8.99. The second-order valence-corrected chi connectivity index (χ2v) is 5.86. The van der Waals surface area contributed by atoms with Crippen LogP contribution in [0.4, 0.5) is 11.8 Å². The van der Waals surface area contributed by atoms with E-state index in [2.05, 4.69) is 21.8 Å². The van der Waals surface area contributed by atoms with Crippen molar-refractivity contribution in [3.05, 3.63) is 11.8 Å². The molecule has 2 aliphatic rings. The molecule has 0 radical (unpaired) electrons. The Morgan fingerprint density at radius 1 is 1.24 bits per heavy atom. The molecule has 0 aromatic carbocycles. The van der Waals surface area contributed by atoms with Crippen molar-refractivity contribution in [1.82, 2.24) is 9.97 Å². The molecule has 114 valence electrons. The first-order chi connectivity index (χ1) is 10.2. The van der Waals surface area contributed by atoms with Crippen LogP contribution in [0, 0.1) is 5.92 Å². The van der Waals surface area contributed by atoms with Gasteiger partial charge in [-0.2, -0.15) is 4.98 Å². The van der Waals surface area contributed by atoms with E-state index in [0.29, 0.717) is 13.1 Å². The minimum Gasteiger partial charge on any atom is -0.481 e. The van der Waals surface area contributed by atoms with Gasteiger partial charge >= 0.3 is 5.97 Å². The first-order valence-electron chi connectivity index (χ1n) is 7.78. The van der Waals surface area contributed by atoms with Crippen LogP contribution < -0.4 is 9.80 Å². The Bertz CT molecular complexity index is 522. The molecule has 3 rings (SSSR count). The number of aliphatic carboxylic acids is 1. The van der Waals surface area contributed by atoms with Gasteiger partial charge in [-0.25, -0.2) is 4.98 Å². The van der Waals surface area contributed by atoms with E-state index < -0.39 is 5.97 Å². The van der Waals surface area contributed by atoms with Gasteiger partial charge in [0.2, 0.25) is 5.95 Å². The van der Waals surface area contributed by atoms with Crippen LogP contribution in [0.5, 0.6) is 0 Å². The van der Waals surface area contributed by atoms with Crippen LogP contribution in [0.2, 0.25) is 0 Å². The molecule has 1 aromatic rings. The molecule has 1 N–H and O–H groups in total. The maximum atomic E-state index is 10.9. The zero-order chi connectivity index (χ0) is 14.8. The molecule has 2 aliphatic heterocycles. The van der Waals surface area contributed by atoms with Gasteiger partial charge in [0.15, 0.2) is 0 Å². The number of carboxylic acids is 1. The molecule has 0 spiro atoms. The van der Waals surface area contributed by atoms with Crippen LogP contribution >= 0.6 is 0 Å². The number of aromatic nitrogens is 2. The number of hydrogen-bond donors (Lipinski definition) is 1. The van der Waals surface area contributed by atoms with Gasteiger partial charge < -0.3 is 14.9 Å². The van der Waals surface area contributed by atoms with E-state index in [-0.39, 0.29) is 5.92 Å². The van der Waals surface area contributed by atoms with Gasteiger partial charge in [-0.3, -0.25) is 4.79 Å². The third-order valence-electron chi connectivity index (χ3n) is 4.31. The SMILES string of the molecule is CCc1cc(N2CC(C(=O)O)C2)nc(N2CCCCC2)n1. The molecule has 0 amide bonds. The van der Waals surface area contributed by atoms with Crippen LogP contribution in [0.25, 0.3) is 0 Å². The van der Waals surface area contributed by atoms with E-state index in [4.69, 9.17) is 5.11 Å². The van der Waals surface area contributed by atoms with E-state index >= 15 is 0 Å². The number of carbonyl (C=O) groups is 1. The van der Waals surface area contributed by atoms with E-state index in [9.17, 15) is 4.79 Å².